The predicted octanol–water partition coefficient (Wildman–Crippen LogP) is 3.31. The highest BCUT2D eigenvalue weighted by atomic mass is 16.3. The van der Waals surface area contributed by atoms with Crippen molar-refractivity contribution in [2.75, 3.05) is 0 Å². The highest BCUT2D eigenvalue weighted by Crippen LogP contribution is 2.32. The van der Waals surface area contributed by atoms with Gasteiger partial charge in [-0.2, -0.15) is 0 Å². The number of rotatable bonds is 1. The molecule has 0 radical (unpaired) electrons. The fraction of sp³-hybridized carbons (Fsp3) is 0.0667. The molecule has 0 aliphatic carbocycles. The van der Waals surface area contributed by atoms with Crippen LogP contribution in [0.5, 0.6) is 5.75 Å². The molecule has 0 fully saturated rings. The molecule has 0 bridgehead atoms. The summed E-state index contributed by atoms with van der Waals surface area (Å²) < 4.78 is 0. The van der Waals surface area contributed by atoms with E-state index in [1.165, 1.54) is 0 Å². The van der Waals surface area contributed by atoms with Crippen molar-refractivity contribution in [1.82, 2.24) is 9.97 Å². The van der Waals surface area contributed by atoms with Gasteiger partial charge in [-0.05, 0) is 48.4 Å². The third-order valence-corrected chi connectivity index (χ3v) is 2.97. The molecule has 0 atom stereocenters. The van der Waals surface area contributed by atoms with E-state index in [0.717, 1.165) is 22.2 Å². The number of pyridine rings is 2. The second kappa shape index (κ2) is 4.11. The Morgan fingerprint density at radius 3 is 2.50 bits per heavy atom. The van der Waals surface area contributed by atoms with Gasteiger partial charge in [-0.3, -0.25) is 4.98 Å². The highest BCUT2D eigenvalue weighted by Gasteiger charge is 2.08. The summed E-state index contributed by atoms with van der Waals surface area (Å²) in [4.78, 5) is 8.41. The Bertz CT molecular complexity index is 708. The third-order valence-electron chi connectivity index (χ3n) is 2.97. The second-order valence-electron chi connectivity index (χ2n) is 4.22. The number of hydrogen-bond acceptors (Lipinski definition) is 3. The molecule has 0 amide bonds. The highest BCUT2D eigenvalue weighted by molar-refractivity contribution is 5.97. The van der Waals surface area contributed by atoms with Crippen LogP contribution in [0.2, 0.25) is 0 Å². The molecule has 88 valence electrons. The topological polar surface area (TPSA) is 46.0 Å². The van der Waals surface area contributed by atoms with Crippen LogP contribution in [0.3, 0.4) is 0 Å². The molecule has 18 heavy (non-hydrogen) atoms. The molecule has 3 heteroatoms. The van der Waals surface area contributed by atoms with Crippen molar-refractivity contribution in [1.29, 1.82) is 0 Å². The lowest BCUT2D eigenvalue weighted by Crippen LogP contribution is -1.87. The smallest absolute Gasteiger partial charge is 0.141 e. The van der Waals surface area contributed by atoms with Gasteiger partial charge in [0.25, 0.3) is 0 Å². The SMILES string of the molecule is Cc1ccc2c(-c3ccncc3)ccc(O)c2n1. The molecule has 0 saturated heterocycles. The number of phenolic OH excluding ortho intramolecular Hbond substituents is 1. The fourth-order valence-corrected chi connectivity index (χ4v) is 2.08. The molecule has 0 aliphatic rings. The maximum absolute atomic E-state index is 9.89. The van der Waals surface area contributed by atoms with E-state index in [-0.39, 0.29) is 5.75 Å². The van der Waals surface area contributed by atoms with Gasteiger partial charge in [-0.1, -0.05) is 6.07 Å². The van der Waals surface area contributed by atoms with Gasteiger partial charge in [0, 0.05) is 23.5 Å². The number of nitrogens with zero attached hydrogens (tertiary/aromatic N) is 2. The number of hydrogen-bond donors (Lipinski definition) is 1. The average molecular weight is 236 g/mol. The molecule has 1 N–H and O–H groups in total. The summed E-state index contributed by atoms with van der Waals surface area (Å²) in [6.45, 7) is 1.91. The van der Waals surface area contributed by atoms with Gasteiger partial charge in [-0.15, -0.1) is 0 Å². The van der Waals surface area contributed by atoms with Crippen LogP contribution in [0, 0.1) is 6.92 Å². The van der Waals surface area contributed by atoms with E-state index in [9.17, 15) is 5.11 Å². The lowest BCUT2D eigenvalue weighted by Gasteiger charge is -2.08. The van der Waals surface area contributed by atoms with Crippen LogP contribution in [0.4, 0.5) is 0 Å². The number of aromatic nitrogens is 2. The first-order valence-corrected chi connectivity index (χ1v) is 5.75. The van der Waals surface area contributed by atoms with Crippen LogP contribution >= 0.6 is 0 Å². The molecule has 0 spiro atoms. The molecule has 0 unspecified atom stereocenters. The van der Waals surface area contributed by atoms with Crippen LogP contribution in [0.15, 0.2) is 48.8 Å². The van der Waals surface area contributed by atoms with Crippen molar-refractivity contribution in [3.8, 4) is 16.9 Å². The molecule has 1 aromatic carbocycles. The van der Waals surface area contributed by atoms with Gasteiger partial charge in [0.15, 0.2) is 0 Å². The Hall–Kier alpha value is -2.42. The van der Waals surface area contributed by atoms with Crippen molar-refractivity contribution >= 4 is 10.9 Å². The number of aryl methyl sites for hydroxylation is 1. The zero-order chi connectivity index (χ0) is 12.5. The minimum absolute atomic E-state index is 0.214. The maximum Gasteiger partial charge on any atom is 0.141 e. The minimum Gasteiger partial charge on any atom is -0.506 e. The van der Waals surface area contributed by atoms with Gasteiger partial charge < -0.3 is 5.11 Å². The van der Waals surface area contributed by atoms with Crippen LogP contribution in [0.1, 0.15) is 5.69 Å². The van der Waals surface area contributed by atoms with E-state index in [2.05, 4.69) is 9.97 Å². The molecule has 2 aromatic heterocycles. The second-order valence-corrected chi connectivity index (χ2v) is 4.22. The zero-order valence-electron chi connectivity index (χ0n) is 9.96. The summed E-state index contributed by atoms with van der Waals surface area (Å²) in [5.74, 6) is 0.214. The molecule has 3 nitrogen and oxygen atoms in total. The minimum atomic E-state index is 0.214. The number of aromatic hydroxyl groups is 1. The summed E-state index contributed by atoms with van der Waals surface area (Å²) in [7, 11) is 0. The van der Waals surface area contributed by atoms with Gasteiger partial charge in [-0.25, -0.2) is 4.98 Å². The van der Waals surface area contributed by atoms with Crippen molar-refractivity contribution < 1.29 is 5.11 Å². The quantitative estimate of drug-likeness (QED) is 0.705. The maximum atomic E-state index is 9.89. The Morgan fingerprint density at radius 1 is 0.944 bits per heavy atom. The largest absolute Gasteiger partial charge is 0.506 e. The van der Waals surface area contributed by atoms with Gasteiger partial charge in [0.1, 0.15) is 11.3 Å². The van der Waals surface area contributed by atoms with E-state index < -0.39 is 0 Å². The van der Waals surface area contributed by atoms with Crippen molar-refractivity contribution in [2.24, 2.45) is 0 Å². The summed E-state index contributed by atoms with van der Waals surface area (Å²) in [6, 6.07) is 11.4. The lowest BCUT2D eigenvalue weighted by molar-refractivity contribution is 0.480. The average Bonchev–Trinajstić information content (AvgIpc) is 2.41. The molecule has 3 rings (SSSR count). The van der Waals surface area contributed by atoms with E-state index in [1.54, 1.807) is 18.5 Å². The Balaban J connectivity index is 2.35. The molecule has 2 heterocycles. The normalized spacial score (nSPS) is 10.7. The third kappa shape index (κ3) is 1.70. The van der Waals surface area contributed by atoms with Gasteiger partial charge in [0.2, 0.25) is 0 Å². The summed E-state index contributed by atoms with van der Waals surface area (Å²) in [5, 5.41) is 10.8. The van der Waals surface area contributed by atoms with Crippen LogP contribution in [-0.2, 0) is 0 Å². The first-order valence-electron chi connectivity index (χ1n) is 5.75. The van der Waals surface area contributed by atoms with Crippen LogP contribution in [-0.4, -0.2) is 15.1 Å². The fourth-order valence-electron chi connectivity index (χ4n) is 2.08. The Morgan fingerprint density at radius 2 is 1.72 bits per heavy atom. The monoisotopic (exact) mass is 236 g/mol. The molecular formula is C15H12N2O. The summed E-state index contributed by atoms with van der Waals surface area (Å²) in [5.41, 5.74) is 3.66. The number of benzene rings is 1. The zero-order valence-corrected chi connectivity index (χ0v) is 9.96. The van der Waals surface area contributed by atoms with Gasteiger partial charge in [0.05, 0.1) is 0 Å². The Kier molecular flexibility index (Phi) is 2.45. The molecule has 0 aliphatic heterocycles. The lowest BCUT2D eigenvalue weighted by atomic mass is 10.0. The summed E-state index contributed by atoms with van der Waals surface area (Å²) >= 11 is 0. The van der Waals surface area contributed by atoms with Crippen LogP contribution in [0.25, 0.3) is 22.0 Å². The standard InChI is InChI=1S/C15H12N2O/c1-10-2-3-13-12(11-6-8-16-9-7-11)4-5-14(18)15(13)17-10/h2-9,18H,1H3. The van der Waals surface area contributed by atoms with E-state index in [1.807, 2.05) is 37.3 Å². The van der Waals surface area contributed by atoms with Crippen LogP contribution < -0.4 is 0 Å². The Labute approximate surface area is 105 Å². The number of fused-ring (bicyclic) bond motifs is 1. The van der Waals surface area contributed by atoms with Crippen molar-refractivity contribution in [3.05, 3.63) is 54.5 Å². The summed E-state index contributed by atoms with van der Waals surface area (Å²) in [6.07, 6.45) is 3.52. The number of phenols is 1. The van der Waals surface area contributed by atoms with E-state index >= 15 is 0 Å². The first kappa shape index (κ1) is 10.7. The van der Waals surface area contributed by atoms with Crippen molar-refractivity contribution in [2.45, 2.75) is 6.92 Å². The molecule has 0 saturated carbocycles. The molecular weight excluding hydrogens is 224 g/mol. The predicted molar refractivity (Wildman–Crippen MR) is 71.4 cm³/mol. The molecule has 3 aromatic rings. The van der Waals surface area contributed by atoms with Crippen molar-refractivity contribution in [3.63, 3.8) is 0 Å². The van der Waals surface area contributed by atoms with E-state index in [0.29, 0.717) is 5.52 Å². The first-order chi connectivity index (χ1) is 8.75. The van der Waals surface area contributed by atoms with E-state index in [4.69, 9.17) is 0 Å². The van der Waals surface area contributed by atoms with Gasteiger partial charge >= 0.3 is 0 Å².